The zero-order valence-corrected chi connectivity index (χ0v) is 32.0. The first-order valence-electron chi connectivity index (χ1n) is 15.2. The maximum Gasteiger partial charge on any atom is 0.203 e. The summed E-state index contributed by atoms with van der Waals surface area (Å²) >= 11 is 0. The quantitative estimate of drug-likeness (QED) is 0.116. The number of aliphatic hydroxyl groups excluding tert-OH is 1. The standard InChI is InChI=1S/C32H64O3Si3/c1-15-16-17-20-32(9,30(3,4)5)24(2)29(34-36)28-26(19-18-21-37(10,11)12)25(23-33)22-27(28)35-38(13,14)31(6,7)8/h25-28,33H,15-17,19-20,22-23H2,1-14,36H3/t25-,26-,27-,28-,32-/m1/s1. The van der Waals surface area contributed by atoms with Gasteiger partial charge in [0.05, 0.1) is 11.9 Å². The minimum absolute atomic E-state index is 0.0231. The highest BCUT2D eigenvalue weighted by Crippen LogP contribution is 2.54. The van der Waals surface area contributed by atoms with Crippen LogP contribution in [-0.2, 0) is 8.85 Å². The lowest BCUT2D eigenvalue weighted by Crippen LogP contribution is -2.46. The predicted molar refractivity (Wildman–Crippen MR) is 175 cm³/mol. The highest BCUT2D eigenvalue weighted by Gasteiger charge is 2.51. The van der Waals surface area contributed by atoms with Crippen molar-refractivity contribution in [2.75, 3.05) is 6.61 Å². The molecule has 0 aliphatic heterocycles. The first kappa shape index (κ1) is 35.7. The third-order valence-electron chi connectivity index (χ3n) is 9.95. The van der Waals surface area contributed by atoms with Crippen LogP contribution in [0.2, 0.25) is 37.8 Å². The van der Waals surface area contributed by atoms with Gasteiger partial charge in [0, 0.05) is 18.9 Å². The van der Waals surface area contributed by atoms with Crippen LogP contribution in [0, 0.1) is 40.0 Å². The molecule has 222 valence electrons. The molecular formula is C32H64O3Si3. The fraction of sp³-hybridized carbons (Fsp3) is 0.875. The van der Waals surface area contributed by atoms with Crippen molar-refractivity contribution in [3.05, 3.63) is 11.3 Å². The summed E-state index contributed by atoms with van der Waals surface area (Å²) in [5, 5.41) is 10.7. The molecule has 0 spiro atoms. The van der Waals surface area contributed by atoms with E-state index in [0.29, 0.717) is 10.5 Å². The molecule has 0 amide bonds. The first-order chi connectivity index (χ1) is 17.2. The lowest BCUT2D eigenvalue weighted by Gasteiger charge is -2.46. The van der Waals surface area contributed by atoms with Crippen molar-refractivity contribution in [3.63, 3.8) is 0 Å². The van der Waals surface area contributed by atoms with E-state index in [0.717, 1.165) is 25.0 Å². The lowest BCUT2D eigenvalue weighted by molar-refractivity contribution is 0.101. The van der Waals surface area contributed by atoms with E-state index < -0.39 is 16.4 Å². The van der Waals surface area contributed by atoms with E-state index >= 15 is 0 Å². The number of unbranched alkanes of at least 4 members (excludes halogenated alkanes) is 2. The van der Waals surface area contributed by atoms with Crippen molar-refractivity contribution < 1.29 is 14.0 Å². The Morgan fingerprint density at radius 2 is 1.58 bits per heavy atom. The van der Waals surface area contributed by atoms with Crippen LogP contribution in [0.25, 0.3) is 0 Å². The highest BCUT2D eigenvalue weighted by atomic mass is 28.4. The first-order valence-corrected chi connectivity index (χ1v) is 22.4. The van der Waals surface area contributed by atoms with Crippen molar-refractivity contribution in [3.8, 4) is 11.5 Å². The lowest BCUT2D eigenvalue weighted by atomic mass is 9.60. The van der Waals surface area contributed by atoms with Gasteiger partial charge in [-0.05, 0) is 66.1 Å². The highest BCUT2D eigenvalue weighted by molar-refractivity contribution is 6.83. The van der Waals surface area contributed by atoms with Gasteiger partial charge in [-0.2, -0.15) is 0 Å². The molecule has 6 heteroatoms. The van der Waals surface area contributed by atoms with Crippen LogP contribution < -0.4 is 0 Å². The topological polar surface area (TPSA) is 38.7 Å². The van der Waals surface area contributed by atoms with Crippen LogP contribution in [0.15, 0.2) is 11.3 Å². The summed E-state index contributed by atoms with van der Waals surface area (Å²) in [6, 6.07) is 0. The molecule has 1 N–H and O–H groups in total. The molecule has 1 fully saturated rings. The molecule has 0 unspecified atom stereocenters. The minimum atomic E-state index is -2.02. The monoisotopic (exact) mass is 580 g/mol. The number of hydrogen-bond donors (Lipinski definition) is 1. The Morgan fingerprint density at radius 3 is 2.00 bits per heavy atom. The van der Waals surface area contributed by atoms with E-state index in [9.17, 15) is 5.11 Å². The molecule has 0 aromatic heterocycles. The molecule has 0 bridgehead atoms. The average Bonchev–Trinajstić information content (AvgIpc) is 3.08. The SMILES string of the molecule is CCCCC[C@](C)(C(C)=C(O[SiH3])[C@@H]1[C@H](CC#C[Si](C)(C)C)[C@@H](CO)C[C@H]1O[Si](C)(C)C(C)(C)C)C(C)(C)C. The summed E-state index contributed by atoms with van der Waals surface area (Å²) in [7, 11) is -2.86. The van der Waals surface area contributed by atoms with Crippen LogP contribution in [0.5, 0.6) is 0 Å². The van der Waals surface area contributed by atoms with Gasteiger partial charge in [0.25, 0.3) is 0 Å². The summed E-state index contributed by atoms with van der Waals surface area (Å²) in [5.74, 6) is 5.33. The van der Waals surface area contributed by atoms with Gasteiger partial charge in [-0.25, -0.2) is 0 Å². The van der Waals surface area contributed by atoms with E-state index in [1.54, 1.807) is 0 Å². The molecule has 0 aromatic carbocycles. The average molecular weight is 581 g/mol. The Labute approximate surface area is 243 Å². The van der Waals surface area contributed by atoms with Gasteiger partial charge in [-0.3, -0.25) is 0 Å². The van der Waals surface area contributed by atoms with Gasteiger partial charge in [-0.15, -0.1) is 11.5 Å². The Balaban J connectivity index is 3.79. The van der Waals surface area contributed by atoms with E-state index in [4.69, 9.17) is 8.85 Å². The van der Waals surface area contributed by atoms with Crippen molar-refractivity contribution in [2.24, 2.45) is 28.6 Å². The Kier molecular flexibility index (Phi) is 12.7. The maximum atomic E-state index is 10.6. The number of allylic oxidation sites excluding steroid dienone is 1. The van der Waals surface area contributed by atoms with Crippen LogP contribution in [0.1, 0.15) is 101 Å². The predicted octanol–water partition coefficient (Wildman–Crippen LogP) is 8.10. The van der Waals surface area contributed by atoms with Gasteiger partial charge < -0.3 is 14.0 Å². The normalized spacial score (nSPS) is 25.4. The molecular weight excluding hydrogens is 517 g/mol. The van der Waals surface area contributed by atoms with Gasteiger partial charge in [-0.1, -0.05) is 94.3 Å². The zero-order valence-electron chi connectivity index (χ0n) is 28.0. The molecule has 0 radical (unpaired) electrons. The van der Waals surface area contributed by atoms with E-state index in [1.165, 1.54) is 24.8 Å². The molecule has 38 heavy (non-hydrogen) atoms. The Morgan fingerprint density at radius 1 is 1.00 bits per heavy atom. The third kappa shape index (κ3) is 8.83. The Hall–Kier alpha value is -0.329. The van der Waals surface area contributed by atoms with E-state index in [1.807, 2.05) is 0 Å². The summed E-state index contributed by atoms with van der Waals surface area (Å²) in [4.78, 5) is 0. The molecule has 1 saturated carbocycles. The molecule has 0 heterocycles. The van der Waals surface area contributed by atoms with Crippen molar-refractivity contribution >= 4 is 26.9 Å². The fourth-order valence-corrected chi connectivity index (χ4v) is 8.39. The molecule has 1 aliphatic carbocycles. The number of rotatable bonds is 11. The molecule has 0 saturated heterocycles. The van der Waals surface area contributed by atoms with Crippen molar-refractivity contribution in [1.29, 1.82) is 0 Å². The van der Waals surface area contributed by atoms with Gasteiger partial charge >= 0.3 is 0 Å². The van der Waals surface area contributed by atoms with Crippen LogP contribution in [0.4, 0.5) is 0 Å². The summed E-state index contributed by atoms with van der Waals surface area (Å²) < 4.78 is 13.8. The van der Waals surface area contributed by atoms with Crippen molar-refractivity contribution in [2.45, 2.75) is 145 Å². The van der Waals surface area contributed by atoms with Crippen LogP contribution >= 0.6 is 0 Å². The second kappa shape index (κ2) is 13.6. The molecule has 0 aromatic rings. The van der Waals surface area contributed by atoms with Gasteiger partial charge in [0.2, 0.25) is 10.5 Å². The molecule has 1 rings (SSSR count). The zero-order chi connectivity index (χ0) is 29.7. The maximum absolute atomic E-state index is 10.6. The summed E-state index contributed by atoms with van der Waals surface area (Å²) in [6.45, 7) is 33.0. The van der Waals surface area contributed by atoms with Gasteiger partial charge in [0.15, 0.2) is 8.32 Å². The second-order valence-corrected chi connectivity index (χ2v) is 25.7. The second-order valence-electron chi connectivity index (χ2n) is 15.8. The smallest absolute Gasteiger partial charge is 0.203 e. The minimum Gasteiger partial charge on any atom is -0.556 e. The van der Waals surface area contributed by atoms with Gasteiger partial charge in [0.1, 0.15) is 8.07 Å². The van der Waals surface area contributed by atoms with E-state index in [2.05, 4.69) is 107 Å². The largest absolute Gasteiger partial charge is 0.556 e. The summed E-state index contributed by atoms with van der Waals surface area (Å²) in [6.07, 6.45) is 6.64. The third-order valence-corrected chi connectivity index (χ3v) is 15.8. The molecule has 3 nitrogen and oxygen atoms in total. The van der Waals surface area contributed by atoms with Crippen LogP contribution in [-0.4, -0.2) is 44.7 Å². The number of hydrogen-bond acceptors (Lipinski definition) is 3. The van der Waals surface area contributed by atoms with Crippen LogP contribution in [0.3, 0.4) is 0 Å². The fourth-order valence-electron chi connectivity index (χ4n) is 5.83. The van der Waals surface area contributed by atoms with Crippen molar-refractivity contribution in [1.82, 2.24) is 0 Å². The number of aliphatic hydroxyl groups is 1. The summed E-state index contributed by atoms with van der Waals surface area (Å²) in [5.41, 5.74) is 5.13. The molecule has 1 aliphatic rings. The van der Waals surface area contributed by atoms with E-state index in [-0.39, 0.29) is 46.3 Å². The Bertz CT molecular complexity index is 848. The molecule has 5 atom stereocenters.